The lowest BCUT2D eigenvalue weighted by Crippen LogP contribution is -2.19. The summed E-state index contributed by atoms with van der Waals surface area (Å²) >= 11 is 0. The third-order valence-corrected chi connectivity index (χ3v) is 13.9. The Morgan fingerprint density at radius 3 is 1.31 bits per heavy atom. The summed E-state index contributed by atoms with van der Waals surface area (Å²) in [6.45, 7) is 8.79. The van der Waals surface area contributed by atoms with Crippen LogP contribution in [0.4, 0.5) is 0 Å². The first-order chi connectivity index (χ1) is 20.1. The van der Waals surface area contributed by atoms with Gasteiger partial charge in [0, 0.05) is 65.5 Å². The molecule has 0 heterocycles. The van der Waals surface area contributed by atoms with Crippen molar-refractivity contribution in [2.75, 3.05) is 70.9 Å². The molecule has 0 aromatic heterocycles. The van der Waals surface area contributed by atoms with Gasteiger partial charge in [-0.3, -0.25) is 27.4 Å². The zero-order chi connectivity index (χ0) is 36.3. The lowest BCUT2D eigenvalue weighted by molar-refractivity contribution is 0.394. The van der Waals surface area contributed by atoms with E-state index in [1.165, 1.54) is 48.2 Å². The van der Waals surface area contributed by atoms with Crippen molar-refractivity contribution in [1.29, 1.82) is 0 Å². The van der Waals surface area contributed by atoms with Crippen molar-refractivity contribution in [2.24, 2.45) is 11.8 Å². The molecule has 0 aromatic rings. The Morgan fingerprint density at radius 2 is 0.978 bits per heavy atom. The van der Waals surface area contributed by atoms with Gasteiger partial charge in [-0.2, -0.15) is 25.3 Å². The minimum absolute atomic E-state index is 0.0180. The van der Waals surface area contributed by atoms with Gasteiger partial charge in [0.1, 0.15) is 5.66 Å². The molecule has 6 atom stereocenters. The molecule has 15 nitrogen and oxygen atoms in total. The van der Waals surface area contributed by atoms with Crippen LogP contribution in [-0.4, -0.2) is 115 Å². The van der Waals surface area contributed by atoms with E-state index in [9.17, 15) is 38.9 Å². The van der Waals surface area contributed by atoms with E-state index in [1.807, 2.05) is 0 Å². The summed E-state index contributed by atoms with van der Waals surface area (Å²) in [6.07, 6.45) is 0.588. The van der Waals surface area contributed by atoms with E-state index in [0.29, 0.717) is 6.42 Å². The first kappa shape index (κ1) is 48.4. The Morgan fingerprint density at radius 1 is 0.600 bits per heavy atom. The Hall–Kier alpha value is -1.02. The van der Waals surface area contributed by atoms with Gasteiger partial charge in [-0.1, -0.05) is 17.8 Å². The van der Waals surface area contributed by atoms with Crippen LogP contribution in [0.5, 0.6) is 0 Å². The normalized spacial score (nSPS) is 17.3. The van der Waals surface area contributed by atoms with Gasteiger partial charge in [0.15, 0.2) is 7.37 Å². The van der Waals surface area contributed by atoms with Crippen molar-refractivity contribution in [2.45, 2.75) is 32.9 Å². The summed E-state index contributed by atoms with van der Waals surface area (Å²) in [5.74, 6) is 12.5. The molecule has 0 aliphatic heterocycles. The summed E-state index contributed by atoms with van der Waals surface area (Å²) in [7, 11) is -17.1. The summed E-state index contributed by atoms with van der Waals surface area (Å²) < 4.78 is 139. The fourth-order valence-corrected chi connectivity index (χ4v) is 9.52. The minimum atomic E-state index is -4.19. The second kappa shape index (κ2) is 21.8. The molecule has 0 fully saturated rings. The van der Waals surface area contributed by atoms with Gasteiger partial charge in [-0.05, 0) is 27.2 Å². The predicted molar refractivity (Wildman–Crippen MR) is 176 cm³/mol. The summed E-state index contributed by atoms with van der Waals surface area (Å²) in [5.41, 5.74) is -0.979. The van der Waals surface area contributed by atoms with Crippen molar-refractivity contribution >= 4 is 52.5 Å². The van der Waals surface area contributed by atoms with Crippen LogP contribution < -0.4 is 0 Å². The van der Waals surface area contributed by atoms with E-state index in [0.717, 1.165) is 0 Å². The average molecular weight is 763 g/mol. The lowest BCUT2D eigenvalue weighted by Gasteiger charge is -2.16. The highest BCUT2D eigenvalue weighted by molar-refractivity contribution is 7.86. The van der Waals surface area contributed by atoms with Crippen molar-refractivity contribution in [3.63, 3.8) is 0 Å². The lowest BCUT2D eigenvalue weighted by atomic mass is 10.1. The van der Waals surface area contributed by atoms with E-state index < -0.39 is 87.2 Å². The fourth-order valence-electron chi connectivity index (χ4n) is 3.00. The first-order valence-electron chi connectivity index (χ1n) is 12.6. The molecule has 0 rings (SSSR count). The van der Waals surface area contributed by atoms with Gasteiger partial charge in [-0.25, -0.2) is 0 Å². The molecule has 264 valence electrons. The van der Waals surface area contributed by atoms with E-state index in [4.69, 9.17) is 22.7 Å². The van der Waals surface area contributed by atoms with Gasteiger partial charge in [0.2, 0.25) is 14.7 Å². The molecule has 0 bridgehead atoms. The van der Waals surface area contributed by atoms with Crippen LogP contribution >= 0.6 is 22.1 Å². The number of hydrogen-bond acceptors (Lipinski definition) is 12. The quantitative estimate of drug-likeness (QED) is 0.123. The van der Waals surface area contributed by atoms with E-state index in [1.54, 1.807) is 13.8 Å². The van der Waals surface area contributed by atoms with Gasteiger partial charge < -0.3 is 13.6 Å². The van der Waals surface area contributed by atoms with E-state index in [2.05, 4.69) is 40.0 Å². The third kappa shape index (κ3) is 30.1. The monoisotopic (exact) mass is 762 g/mol. The molecule has 0 aliphatic rings. The zero-order valence-corrected chi connectivity index (χ0v) is 31.9. The molecule has 21 heteroatoms. The smallest absolute Gasteiger partial charge is 0.266 e. The minimum Gasteiger partial charge on any atom is -0.332 e. The maximum Gasteiger partial charge on any atom is 0.266 e. The highest BCUT2D eigenvalue weighted by Crippen LogP contribution is 2.47. The maximum atomic E-state index is 11.7. The standard InChI is InChI=1S/C9H17O5PS.C8H15O5PS.C7H13O5PS/c1-4-5-9(8-16(11,12)13)6-7-15(3,10)14-2;1-4-5-8(7-15(10,11)12)6-14(3,9)13-2;1-4-5-7(6-14(9,10)11)13(3,8)12-2/h9H,6-8H2,1-3H3,(H,11,12,13);8H,6-7H2,1-3H3,(H,10,11,12);7H,6H2,1-3H3,(H,9,10,11). The molecule has 45 heavy (non-hydrogen) atoms. The van der Waals surface area contributed by atoms with E-state index in [-0.39, 0.29) is 12.3 Å². The Kier molecular flexibility index (Phi) is 23.4. The van der Waals surface area contributed by atoms with Crippen molar-refractivity contribution < 1.29 is 66.2 Å². The first-order valence-corrected chi connectivity index (χ1v) is 24.1. The second-order valence-corrected chi connectivity index (χ2v) is 22.4. The Labute approximate surface area is 268 Å². The van der Waals surface area contributed by atoms with Gasteiger partial charge in [0.25, 0.3) is 30.4 Å². The SMILES string of the molecule is CC#CC(CCP(C)(=O)OC)CS(=O)(=O)O.CC#CC(CP(C)(=O)OC)CS(=O)(=O)O.CC#CC(CS(=O)(=O)O)P(C)(=O)OC. The van der Waals surface area contributed by atoms with Gasteiger partial charge in [0.05, 0.1) is 17.3 Å². The molecule has 6 unspecified atom stereocenters. The molecular weight excluding hydrogens is 717 g/mol. The maximum absolute atomic E-state index is 11.7. The summed E-state index contributed by atoms with van der Waals surface area (Å²) in [4.78, 5) is 0. The Bertz CT molecular complexity index is 1590. The molecule has 0 saturated carbocycles. The van der Waals surface area contributed by atoms with Crippen LogP contribution in [0.3, 0.4) is 0 Å². The average Bonchev–Trinajstić information content (AvgIpc) is 2.85. The summed E-state index contributed by atoms with van der Waals surface area (Å²) in [5, 5.41) is 0. The molecule has 0 radical (unpaired) electrons. The van der Waals surface area contributed by atoms with Crippen molar-refractivity contribution in [3.05, 3.63) is 0 Å². The van der Waals surface area contributed by atoms with Gasteiger partial charge >= 0.3 is 0 Å². The molecule has 0 saturated heterocycles. The fraction of sp³-hybridized carbons (Fsp3) is 0.750. The van der Waals surface area contributed by atoms with Crippen molar-refractivity contribution in [1.82, 2.24) is 0 Å². The largest absolute Gasteiger partial charge is 0.332 e. The second-order valence-electron chi connectivity index (χ2n) is 9.52. The van der Waals surface area contributed by atoms with Crippen LogP contribution in [0, 0.1) is 47.4 Å². The summed E-state index contributed by atoms with van der Waals surface area (Å²) in [6, 6.07) is 0. The number of rotatable bonds is 15. The van der Waals surface area contributed by atoms with Crippen LogP contribution in [0.1, 0.15) is 27.2 Å². The zero-order valence-electron chi connectivity index (χ0n) is 26.8. The third-order valence-electron chi connectivity index (χ3n) is 5.34. The molecule has 0 spiro atoms. The topological polar surface area (TPSA) is 242 Å². The van der Waals surface area contributed by atoms with Crippen LogP contribution in [0.15, 0.2) is 0 Å². The molecule has 0 amide bonds. The van der Waals surface area contributed by atoms with Crippen LogP contribution in [0.25, 0.3) is 0 Å². The highest BCUT2D eigenvalue weighted by atomic mass is 32.2. The Balaban J connectivity index is -0.000000589. The number of hydrogen-bond donors (Lipinski definition) is 3. The van der Waals surface area contributed by atoms with Gasteiger partial charge in [-0.15, -0.1) is 17.8 Å². The van der Waals surface area contributed by atoms with E-state index >= 15 is 0 Å². The van der Waals surface area contributed by atoms with Crippen LogP contribution in [-0.2, 0) is 57.6 Å². The predicted octanol–water partition coefficient (Wildman–Crippen LogP) is 3.35. The van der Waals surface area contributed by atoms with Crippen LogP contribution in [0.2, 0.25) is 0 Å². The van der Waals surface area contributed by atoms with Crippen molar-refractivity contribution in [3.8, 4) is 35.5 Å². The molecule has 0 aliphatic carbocycles. The molecular formula is C24H45O15P3S3. The molecule has 0 aromatic carbocycles. The highest BCUT2D eigenvalue weighted by Gasteiger charge is 2.30. The molecule has 3 N–H and O–H groups in total.